The van der Waals surface area contributed by atoms with Crippen LogP contribution < -0.4 is 10.6 Å². The van der Waals surface area contributed by atoms with Crippen LogP contribution in [-0.2, 0) is 4.79 Å². The first kappa shape index (κ1) is 13.6. The van der Waals surface area contributed by atoms with Crippen LogP contribution in [0.5, 0.6) is 0 Å². The average molecular weight is 238 g/mol. The van der Waals surface area contributed by atoms with Gasteiger partial charge in [-0.25, -0.2) is 4.39 Å². The molecule has 0 fully saturated rings. The number of benzene rings is 1. The predicted molar refractivity (Wildman–Crippen MR) is 67.3 cm³/mol. The van der Waals surface area contributed by atoms with Crippen LogP contribution in [-0.4, -0.2) is 19.5 Å². The van der Waals surface area contributed by atoms with E-state index >= 15 is 0 Å². The van der Waals surface area contributed by atoms with Crippen molar-refractivity contribution >= 4 is 11.6 Å². The molecule has 0 radical (unpaired) electrons. The summed E-state index contributed by atoms with van der Waals surface area (Å²) in [6.07, 6.45) is 0.574. The number of hydrogen-bond donors (Lipinski definition) is 1. The third-order valence-corrected chi connectivity index (χ3v) is 2.87. The van der Waals surface area contributed by atoms with Gasteiger partial charge in [0.1, 0.15) is 5.82 Å². The monoisotopic (exact) mass is 238 g/mol. The van der Waals surface area contributed by atoms with Crippen molar-refractivity contribution in [2.75, 3.05) is 18.5 Å². The third-order valence-electron chi connectivity index (χ3n) is 2.87. The van der Waals surface area contributed by atoms with E-state index in [1.165, 1.54) is 11.0 Å². The van der Waals surface area contributed by atoms with Crippen molar-refractivity contribution in [3.05, 3.63) is 30.1 Å². The molecule has 0 aliphatic carbocycles. The van der Waals surface area contributed by atoms with Gasteiger partial charge >= 0.3 is 0 Å². The van der Waals surface area contributed by atoms with Gasteiger partial charge in [0.15, 0.2) is 0 Å². The minimum absolute atomic E-state index is 0.131. The Labute approximate surface area is 101 Å². The number of nitrogens with zero attached hydrogens (tertiary/aromatic N) is 1. The van der Waals surface area contributed by atoms with E-state index in [4.69, 9.17) is 5.73 Å². The molecular formula is C13H19FN2O. The van der Waals surface area contributed by atoms with Gasteiger partial charge < -0.3 is 10.6 Å². The molecule has 1 aromatic rings. The Kier molecular flexibility index (Phi) is 4.23. The van der Waals surface area contributed by atoms with Crippen LogP contribution in [0.3, 0.4) is 0 Å². The van der Waals surface area contributed by atoms with E-state index in [2.05, 4.69) is 0 Å². The Balaban J connectivity index is 2.94. The normalized spacial score (nSPS) is 11.4. The zero-order valence-electron chi connectivity index (χ0n) is 10.5. The fourth-order valence-corrected chi connectivity index (χ4v) is 1.75. The first-order valence-corrected chi connectivity index (χ1v) is 5.63. The van der Waals surface area contributed by atoms with E-state index in [1.54, 1.807) is 25.2 Å². The second kappa shape index (κ2) is 5.27. The maximum Gasteiger partial charge on any atom is 0.232 e. The van der Waals surface area contributed by atoms with Gasteiger partial charge in [0.25, 0.3) is 0 Å². The number of para-hydroxylation sites is 1. The zero-order chi connectivity index (χ0) is 13.1. The highest BCUT2D eigenvalue weighted by molar-refractivity contribution is 5.96. The van der Waals surface area contributed by atoms with Crippen molar-refractivity contribution in [3.63, 3.8) is 0 Å². The molecule has 94 valence electrons. The van der Waals surface area contributed by atoms with E-state index < -0.39 is 11.2 Å². The molecule has 1 aromatic carbocycles. The van der Waals surface area contributed by atoms with Crippen molar-refractivity contribution in [2.24, 2.45) is 11.1 Å². The number of halogens is 1. The summed E-state index contributed by atoms with van der Waals surface area (Å²) in [5, 5.41) is 0. The number of rotatable bonds is 4. The molecule has 0 aliphatic rings. The van der Waals surface area contributed by atoms with Gasteiger partial charge in [0.2, 0.25) is 5.91 Å². The lowest BCUT2D eigenvalue weighted by Crippen LogP contribution is -2.40. The standard InChI is InChI=1S/C13H19FN2O/c1-13(2,8-9-15)12(17)16(3)11-7-5-4-6-10(11)14/h4-7H,8-9,15H2,1-3H3. The molecule has 2 N–H and O–H groups in total. The van der Waals surface area contributed by atoms with Crippen LogP contribution in [0.4, 0.5) is 10.1 Å². The number of anilines is 1. The first-order chi connectivity index (χ1) is 7.90. The van der Waals surface area contributed by atoms with Crippen LogP contribution in [0.15, 0.2) is 24.3 Å². The molecule has 0 spiro atoms. The highest BCUT2D eigenvalue weighted by Gasteiger charge is 2.30. The molecule has 0 aromatic heterocycles. The Morgan fingerprint density at radius 2 is 2.00 bits per heavy atom. The van der Waals surface area contributed by atoms with Crippen molar-refractivity contribution in [1.29, 1.82) is 0 Å². The van der Waals surface area contributed by atoms with Crippen LogP contribution in [0.1, 0.15) is 20.3 Å². The second-order valence-electron chi connectivity index (χ2n) is 4.74. The molecule has 0 aliphatic heterocycles. The minimum atomic E-state index is -0.578. The van der Waals surface area contributed by atoms with E-state index in [0.29, 0.717) is 18.7 Å². The maximum absolute atomic E-state index is 13.6. The molecule has 0 saturated carbocycles. The Bertz CT molecular complexity index is 404. The molecule has 4 heteroatoms. The molecule has 0 unspecified atom stereocenters. The zero-order valence-corrected chi connectivity index (χ0v) is 10.5. The highest BCUT2D eigenvalue weighted by Crippen LogP contribution is 2.26. The van der Waals surface area contributed by atoms with Crippen molar-refractivity contribution in [1.82, 2.24) is 0 Å². The molecule has 0 atom stereocenters. The van der Waals surface area contributed by atoms with Gasteiger partial charge in [-0.3, -0.25) is 4.79 Å². The molecule has 0 bridgehead atoms. The summed E-state index contributed by atoms with van der Waals surface area (Å²) >= 11 is 0. The topological polar surface area (TPSA) is 46.3 Å². The number of carbonyl (C=O) groups excluding carboxylic acids is 1. The fraction of sp³-hybridized carbons (Fsp3) is 0.462. The van der Waals surface area contributed by atoms with Crippen LogP contribution in [0, 0.1) is 11.2 Å². The van der Waals surface area contributed by atoms with Gasteiger partial charge in [-0.15, -0.1) is 0 Å². The Hall–Kier alpha value is -1.42. The van der Waals surface area contributed by atoms with Crippen LogP contribution >= 0.6 is 0 Å². The molecule has 17 heavy (non-hydrogen) atoms. The van der Waals surface area contributed by atoms with E-state index in [1.807, 2.05) is 13.8 Å². The van der Waals surface area contributed by atoms with Crippen molar-refractivity contribution < 1.29 is 9.18 Å². The van der Waals surface area contributed by atoms with Gasteiger partial charge in [-0.2, -0.15) is 0 Å². The highest BCUT2D eigenvalue weighted by atomic mass is 19.1. The maximum atomic E-state index is 13.6. The van der Waals surface area contributed by atoms with Crippen molar-refractivity contribution in [3.8, 4) is 0 Å². The summed E-state index contributed by atoms with van der Waals surface area (Å²) in [7, 11) is 1.58. The number of amides is 1. The summed E-state index contributed by atoms with van der Waals surface area (Å²) in [5.41, 5.74) is 5.19. The average Bonchev–Trinajstić information content (AvgIpc) is 2.27. The van der Waals surface area contributed by atoms with E-state index in [0.717, 1.165) is 0 Å². The smallest absolute Gasteiger partial charge is 0.232 e. The summed E-state index contributed by atoms with van der Waals surface area (Å²) in [4.78, 5) is 13.6. The number of nitrogens with two attached hydrogens (primary N) is 1. The number of hydrogen-bond acceptors (Lipinski definition) is 2. The SMILES string of the molecule is CN(C(=O)C(C)(C)CCN)c1ccccc1F. The van der Waals surface area contributed by atoms with E-state index in [9.17, 15) is 9.18 Å². The summed E-state index contributed by atoms with van der Waals surface area (Å²) < 4.78 is 13.6. The first-order valence-electron chi connectivity index (χ1n) is 5.63. The molecule has 0 saturated heterocycles. The Morgan fingerprint density at radius 1 is 1.41 bits per heavy atom. The summed E-state index contributed by atoms with van der Waals surface area (Å²) in [6.45, 7) is 4.07. The van der Waals surface area contributed by atoms with Gasteiger partial charge in [-0.05, 0) is 25.1 Å². The molecule has 1 amide bonds. The molecule has 3 nitrogen and oxygen atoms in total. The van der Waals surface area contributed by atoms with Crippen LogP contribution in [0.2, 0.25) is 0 Å². The second-order valence-corrected chi connectivity index (χ2v) is 4.74. The quantitative estimate of drug-likeness (QED) is 0.873. The molecule has 1 rings (SSSR count). The largest absolute Gasteiger partial charge is 0.330 e. The molecule has 0 heterocycles. The van der Waals surface area contributed by atoms with Gasteiger partial charge in [0, 0.05) is 12.5 Å². The summed E-state index contributed by atoms with van der Waals surface area (Å²) in [6, 6.07) is 6.24. The fourth-order valence-electron chi connectivity index (χ4n) is 1.75. The summed E-state index contributed by atoms with van der Waals surface area (Å²) in [5.74, 6) is -0.528. The lowest BCUT2D eigenvalue weighted by atomic mass is 9.87. The lowest BCUT2D eigenvalue weighted by Gasteiger charge is -2.29. The Morgan fingerprint density at radius 3 is 2.53 bits per heavy atom. The minimum Gasteiger partial charge on any atom is -0.330 e. The number of carbonyl (C=O) groups is 1. The lowest BCUT2D eigenvalue weighted by molar-refractivity contribution is -0.126. The van der Waals surface area contributed by atoms with E-state index in [-0.39, 0.29) is 5.91 Å². The molecular weight excluding hydrogens is 219 g/mol. The predicted octanol–water partition coefficient (Wildman–Crippen LogP) is 2.16. The van der Waals surface area contributed by atoms with Gasteiger partial charge in [0.05, 0.1) is 5.69 Å². The third kappa shape index (κ3) is 3.03. The van der Waals surface area contributed by atoms with Gasteiger partial charge in [-0.1, -0.05) is 26.0 Å². The van der Waals surface area contributed by atoms with Crippen LogP contribution in [0.25, 0.3) is 0 Å². The van der Waals surface area contributed by atoms with Crippen molar-refractivity contribution in [2.45, 2.75) is 20.3 Å².